The predicted octanol–water partition coefficient (Wildman–Crippen LogP) is 1.91. The Labute approximate surface area is 166 Å². The molecule has 1 amide bonds. The second-order valence-corrected chi connectivity index (χ2v) is 7.39. The number of aromatic nitrogens is 2. The van der Waals surface area contributed by atoms with Crippen LogP contribution in [0.2, 0.25) is 0 Å². The molecule has 1 aromatic carbocycles. The van der Waals surface area contributed by atoms with Crippen molar-refractivity contribution in [1.82, 2.24) is 20.2 Å². The summed E-state index contributed by atoms with van der Waals surface area (Å²) in [6.07, 6.45) is 2.67. The first-order chi connectivity index (χ1) is 13.6. The van der Waals surface area contributed by atoms with Gasteiger partial charge in [-0.3, -0.25) is 4.79 Å². The van der Waals surface area contributed by atoms with E-state index in [1.54, 1.807) is 13.4 Å². The van der Waals surface area contributed by atoms with Gasteiger partial charge in [0.05, 0.1) is 12.3 Å². The van der Waals surface area contributed by atoms with Gasteiger partial charge in [-0.2, -0.15) is 0 Å². The molecule has 7 heteroatoms. The summed E-state index contributed by atoms with van der Waals surface area (Å²) in [5, 5.41) is 3.07. The van der Waals surface area contributed by atoms with E-state index in [1.165, 1.54) is 0 Å². The highest BCUT2D eigenvalue weighted by Crippen LogP contribution is 2.20. The molecule has 0 spiro atoms. The van der Waals surface area contributed by atoms with Gasteiger partial charge in [0.1, 0.15) is 12.1 Å². The quantitative estimate of drug-likeness (QED) is 0.751. The van der Waals surface area contributed by atoms with E-state index in [2.05, 4.69) is 20.2 Å². The second-order valence-electron chi connectivity index (χ2n) is 7.39. The van der Waals surface area contributed by atoms with Crippen LogP contribution in [0.4, 0.5) is 5.82 Å². The molecule has 0 radical (unpaired) electrons. The minimum Gasteiger partial charge on any atom is -0.383 e. The van der Waals surface area contributed by atoms with Crippen molar-refractivity contribution >= 4 is 11.7 Å². The number of hydrogen-bond donors (Lipinski definition) is 1. The Balaban J connectivity index is 1.53. The summed E-state index contributed by atoms with van der Waals surface area (Å²) >= 11 is 0. The Morgan fingerprint density at radius 3 is 2.79 bits per heavy atom. The SMILES string of the molecule is COCCN1CC[C@@H](CNC(=O)c2ccc(-c3cc(N(C)C)ncn3)cc2)C1. The minimum atomic E-state index is -0.0291. The first-order valence-corrected chi connectivity index (χ1v) is 9.66. The molecule has 1 N–H and O–H groups in total. The molecule has 1 aliphatic heterocycles. The van der Waals surface area contributed by atoms with Crippen LogP contribution in [-0.4, -0.2) is 74.8 Å². The van der Waals surface area contributed by atoms with Gasteiger partial charge in [0.25, 0.3) is 5.91 Å². The minimum absolute atomic E-state index is 0.0291. The summed E-state index contributed by atoms with van der Waals surface area (Å²) in [4.78, 5) is 25.4. The molecule has 1 atom stereocenters. The summed E-state index contributed by atoms with van der Waals surface area (Å²) in [7, 11) is 5.62. The number of anilines is 1. The van der Waals surface area contributed by atoms with Crippen LogP contribution in [0.3, 0.4) is 0 Å². The summed E-state index contributed by atoms with van der Waals surface area (Å²) in [6.45, 7) is 4.52. The summed E-state index contributed by atoms with van der Waals surface area (Å²) in [6, 6.07) is 9.49. The monoisotopic (exact) mass is 383 g/mol. The van der Waals surface area contributed by atoms with Crippen LogP contribution in [0.5, 0.6) is 0 Å². The molecule has 0 aliphatic carbocycles. The molecule has 1 saturated heterocycles. The maximum Gasteiger partial charge on any atom is 0.251 e. The van der Waals surface area contributed by atoms with Gasteiger partial charge in [0.2, 0.25) is 0 Å². The van der Waals surface area contributed by atoms with E-state index < -0.39 is 0 Å². The lowest BCUT2D eigenvalue weighted by atomic mass is 10.1. The standard InChI is InChI=1S/C21H29N5O2/c1-25(2)20-12-19(23-15-24-20)17-4-6-18(7-5-17)21(27)22-13-16-8-9-26(14-16)10-11-28-3/h4-7,12,15-16H,8-11,13-14H2,1-3H3,(H,22,27)/t16-/m0/s1. The molecule has 28 heavy (non-hydrogen) atoms. The smallest absolute Gasteiger partial charge is 0.251 e. The molecule has 2 heterocycles. The van der Waals surface area contributed by atoms with E-state index in [1.807, 2.05) is 49.3 Å². The third-order valence-corrected chi connectivity index (χ3v) is 5.09. The van der Waals surface area contributed by atoms with Crippen LogP contribution in [-0.2, 0) is 4.74 Å². The molecule has 3 rings (SSSR count). The molecule has 0 saturated carbocycles. The van der Waals surface area contributed by atoms with Gasteiger partial charge in [-0.25, -0.2) is 9.97 Å². The maximum atomic E-state index is 12.5. The number of ether oxygens (including phenoxy) is 1. The van der Waals surface area contributed by atoms with Gasteiger partial charge >= 0.3 is 0 Å². The number of methoxy groups -OCH3 is 1. The molecular formula is C21H29N5O2. The van der Waals surface area contributed by atoms with Crippen molar-refractivity contribution in [3.63, 3.8) is 0 Å². The van der Waals surface area contributed by atoms with Crippen molar-refractivity contribution in [2.45, 2.75) is 6.42 Å². The average Bonchev–Trinajstić information content (AvgIpc) is 3.18. The van der Waals surface area contributed by atoms with Crippen molar-refractivity contribution in [2.24, 2.45) is 5.92 Å². The Morgan fingerprint density at radius 1 is 1.29 bits per heavy atom. The molecular weight excluding hydrogens is 354 g/mol. The number of nitrogens with one attached hydrogen (secondary N) is 1. The second kappa shape index (κ2) is 9.61. The number of rotatable bonds is 8. The molecule has 0 bridgehead atoms. The number of benzene rings is 1. The maximum absolute atomic E-state index is 12.5. The van der Waals surface area contributed by atoms with Gasteiger partial charge in [0.15, 0.2) is 0 Å². The average molecular weight is 383 g/mol. The lowest BCUT2D eigenvalue weighted by Crippen LogP contribution is -2.31. The fourth-order valence-corrected chi connectivity index (χ4v) is 3.38. The van der Waals surface area contributed by atoms with Crippen molar-refractivity contribution < 1.29 is 9.53 Å². The lowest BCUT2D eigenvalue weighted by Gasteiger charge is -2.15. The van der Waals surface area contributed by atoms with E-state index >= 15 is 0 Å². The van der Waals surface area contributed by atoms with E-state index in [9.17, 15) is 4.79 Å². The van der Waals surface area contributed by atoms with Crippen molar-refractivity contribution in [3.05, 3.63) is 42.2 Å². The topological polar surface area (TPSA) is 70.6 Å². The number of carbonyl (C=O) groups is 1. The van der Waals surface area contributed by atoms with Crippen molar-refractivity contribution in [2.75, 3.05) is 58.9 Å². The molecule has 150 valence electrons. The van der Waals surface area contributed by atoms with Crippen molar-refractivity contribution in [3.8, 4) is 11.3 Å². The van der Waals surface area contributed by atoms with Crippen LogP contribution in [0.25, 0.3) is 11.3 Å². The zero-order valence-corrected chi connectivity index (χ0v) is 16.9. The highest BCUT2D eigenvalue weighted by Gasteiger charge is 2.22. The Bertz CT molecular complexity index is 779. The van der Waals surface area contributed by atoms with Gasteiger partial charge in [-0.1, -0.05) is 12.1 Å². The van der Waals surface area contributed by atoms with E-state index in [0.717, 1.165) is 49.7 Å². The van der Waals surface area contributed by atoms with Gasteiger partial charge in [-0.05, 0) is 31.0 Å². The Kier molecular flexibility index (Phi) is 6.95. The summed E-state index contributed by atoms with van der Waals surface area (Å²) in [5.74, 6) is 1.33. The van der Waals surface area contributed by atoms with Crippen LogP contribution in [0.15, 0.2) is 36.7 Å². The van der Waals surface area contributed by atoms with E-state index in [-0.39, 0.29) is 5.91 Å². The first kappa shape index (κ1) is 20.2. The van der Waals surface area contributed by atoms with Gasteiger partial charge in [0, 0.05) is 58.0 Å². The van der Waals surface area contributed by atoms with E-state index in [4.69, 9.17) is 4.74 Å². The largest absolute Gasteiger partial charge is 0.383 e. The number of nitrogens with zero attached hydrogens (tertiary/aromatic N) is 4. The number of hydrogen-bond acceptors (Lipinski definition) is 6. The van der Waals surface area contributed by atoms with E-state index in [0.29, 0.717) is 18.0 Å². The molecule has 0 unspecified atom stereocenters. The molecule has 7 nitrogen and oxygen atoms in total. The molecule has 1 aliphatic rings. The third kappa shape index (κ3) is 5.27. The number of amides is 1. The lowest BCUT2D eigenvalue weighted by molar-refractivity contribution is 0.0946. The van der Waals surface area contributed by atoms with Gasteiger partial charge < -0.3 is 19.9 Å². The van der Waals surface area contributed by atoms with Crippen molar-refractivity contribution in [1.29, 1.82) is 0 Å². The van der Waals surface area contributed by atoms with Crippen LogP contribution in [0.1, 0.15) is 16.8 Å². The zero-order valence-electron chi connectivity index (χ0n) is 16.9. The normalized spacial score (nSPS) is 16.9. The molecule has 1 fully saturated rings. The summed E-state index contributed by atoms with van der Waals surface area (Å²) in [5.41, 5.74) is 2.47. The number of carbonyl (C=O) groups excluding carboxylic acids is 1. The van der Waals surface area contributed by atoms with Crippen LogP contribution < -0.4 is 10.2 Å². The Morgan fingerprint density at radius 2 is 2.07 bits per heavy atom. The zero-order chi connectivity index (χ0) is 19.9. The fourth-order valence-electron chi connectivity index (χ4n) is 3.38. The Hall–Kier alpha value is -2.51. The van der Waals surface area contributed by atoms with Crippen LogP contribution >= 0.6 is 0 Å². The van der Waals surface area contributed by atoms with Crippen LogP contribution in [0, 0.1) is 5.92 Å². The third-order valence-electron chi connectivity index (χ3n) is 5.09. The summed E-state index contributed by atoms with van der Waals surface area (Å²) < 4.78 is 5.13. The molecule has 2 aromatic rings. The predicted molar refractivity (Wildman–Crippen MR) is 111 cm³/mol. The highest BCUT2D eigenvalue weighted by molar-refractivity contribution is 5.94. The molecule has 1 aromatic heterocycles. The van der Waals surface area contributed by atoms with Gasteiger partial charge in [-0.15, -0.1) is 0 Å². The first-order valence-electron chi connectivity index (χ1n) is 9.66. The number of likely N-dealkylation sites (tertiary alicyclic amines) is 1. The highest BCUT2D eigenvalue weighted by atomic mass is 16.5. The fraction of sp³-hybridized carbons (Fsp3) is 0.476.